The Labute approximate surface area is 100 Å². The number of hydrogen-bond acceptors (Lipinski definition) is 1. The summed E-state index contributed by atoms with van der Waals surface area (Å²) in [5.41, 5.74) is 1.12. The fourth-order valence-electron chi connectivity index (χ4n) is 1.43. The molecule has 17 heavy (non-hydrogen) atoms. The van der Waals surface area contributed by atoms with E-state index in [1.54, 1.807) is 13.0 Å². The summed E-state index contributed by atoms with van der Waals surface area (Å²) in [6, 6.07) is 3.69. The van der Waals surface area contributed by atoms with E-state index in [2.05, 4.69) is 6.58 Å². The Kier molecular flexibility index (Phi) is 4.44. The lowest BCUT2D eigenvalue weighted by atomic mass is 10.1. The molecule has 0 aliphatic heterocycles. The number of allylic oxidation sites excluding steroid dienone is 3. The molecule has 0 aliphatic rings. The predicted octanol–water partition coefficient (Wildman–Crippen LogP) is 4.31. The zero-order valence-electron chi connectivity index (χ0n) is 10.3. The minimum atomic E-state index is -0.875. The summed E-state index contributed by atoms with van der Waals surface area (Å²) in [5.74, 6) is -1.05. The van der Waals surface area contributed by atoms with E-state index in [1.807, 2.05) is 13.8 Å². The predicted molar refractivity (Wildman–Crippen MR) is 65.4 cm³/mol. The maximum absolute atomic E-state index is 13.0. The first-order valence-electron chi connectivity index (χ1n) is 5.39. The normalized spacial score (nSPS) is 11.8. The van der Waals surface area contributed by atoms with Gasteiger partial charge in [-0.3, -0.25) is 0 Å². The summed E-state index contributed by atoms with van der Waals surface area (Å²) >= 11 is 0. The molecule has 0 saturated heterocycles. The standard InChI is InChI=1S/C14H16F2O/c1-9(2)17-11(4)7-10(3)12-5-6-13(15)14(16)8-12/h5-9H,3H2,1-2,4H3/b11-7+. The molecule has 0 spiro atoms. The van der Waals surface area contributed by atoms with Gasteiger partial charge in [-0.15, -0.1) is 0 Å². The molecule has 0 aliphatic carbocycles. The fraction of sp³-hybridized carbons (Fsp3) is 0.286. The maximum atomic E-state index is 13.0. The van der Waals surface area contributed by atoms with Gasteiger partial charge in [-0.05, 0) is 50.1 Å². The van der Waals surface area contributed by atoms with Gasteiger partial charge < -0.3 is 4.74 Å². The molecule has 1 aromatic carbocycles. The highest BCUT2D eigenvalue weighted by Gasteiger charge is 2.04. The Bertz CT molecular complexity index is 448. The van der Waals surface area contributed by atoms with E-state index in [9.17, 15) is 8.78 Å². The maximum Gasteiger partial charge on any atom is 0.159 e. The molecule has 0 radical (unpaired) electrons. The summed E-state index contributed by atoms with van der Waals surface area (Å²) in [7, 11) is 0. The van der Waals surface area contributed by atoms with Crippen molar-refractivity contribution in [3.8, 4) is 0 Å². The highest BCUT2D eigenvalue weighted by molar-refractivity contribution is 5.72. The molecule has 0 N–H and O–H groups in total. The van der Waals surface area contributed by atoms with Crippen LogP contribution in [0.3, 0.4) is 0 Å². The lowest BCUT2D eigenvalue weighted by Gasteiger charge is -2.10. The van der Waals surface area contributed by atoms with Crippen LogP contribution in [0, 0.1) is 11.6 Å². The van der Waals surface area contributed by atoms with Gasteiger partial charge in [-0.25, -0.2) is 8.78 Å². The lowest BCUT2D eigenvalue weighted by molar-refractivity contribution is 0.149. The van der Waals surface area contributed by atoms with Crippen molar-refractivity contribution in [3.05, 3.63) is 53.8 Å². The molecule has 92 valence electrons. The zero-order chi connectivity index (χ0) is 13.0. The molecular weight excluding hydrogens is 222 g/mol. The van der Waals surface area contributed by atoms with Crippen molar-refractivity contribution in [2.45, 2.75) is 26.9 Å². The molecule has 0 heterocycles. The molecule has 0 unspecified atom stereocenters. The minimum Gasteiger partial charge on any atom is -0.496 e. The highest BCUT2D eigenvalue weighted by Crippen LogP contribution is 2.19. The van der Waals surface area contributed by atoms with E-state index in [4.69, 9.17) is 4.74 Å². The monoisotopic (exact) mass is 238 g/mol. The number of ether oxygens (including phenoxy) is 1. The number of benzene rings is 1. The number of halogens is 2. The minimum absolute atomic E-state index is 0.0732. The van der Waals surface area contributed by atoms with Crippen molar-refractivity contribution in [3.63, 3.8) is 0 Å². The van der Waals surface area contributed by atoms with E-state index in [0.29, 0.717) is 16.9 Å². The summed E-state index contributed by atoms with van der Waals surface area (Å²) in [6.07, 6.45) is 1.77. The van der Waals surface area contributed by atoms with E-state index >= 15 is 0 Å². The van der Waals surface area contributed by atoms with Crippen LogP contribution in [0.25, 0.3) is 5.57 Å². The van der Waals surface area contributed by atoms with E-state index in [1.165, 1.54) is 6.07 Å². The number of rotatable bonds is 4. The number of hydrogen-bond donors (Lipinski definition) is 0. The van der Waals surface area contributed by atoms with Crippen LogP contribution in [0.15, 0.2) is 36.6 Å². The van der Waals surface area contributed by atoms with Crippen molar-refractivity contribution in [2.75, 3.05) is 0 Å². The van der Waals surface area contributed by atoms with Crippen LogP contribution in [-0.2, 0) is 4.74 Å². The van der Waals surface area contributed by atoms with Crippen LogP contribution in [0.5, 0.6) is 0 Å². The SMILES string of the molecule is C=C(/C=C(\C)OC(C)C)c1ccc(F)c(F)c1. The van der Waals surface area contributed by atoms with Gasteiger partial charge in [0.05, 0.1) is 11.9 Å². The second-order valence-corrected chi connectivity index (χ2v) is 4.08. The summed E-state index contributed by atoms with van der Waals surface area (Å²) in [4.78, 5) is 0. The third-order valence-electron chi connectivity index (χ3n) is 2.09. The van der Waals surface area contributed by atoms with Gasteiger partial charge in [-0.1, -0.05) is 12.6 Å². The van der Waals surface area contributed by atoms with Crippen molar-refractivity contribution in [1.29, 1.82) is 0 Å². The van der Waals surface area contributed by atoms with Gasteiger partial charge in [-0.2, -0.15) is 0 Å². The average Bonchev–Trinajstić information content (AvgIpc) is 2.20. The van der Waals surface area contributed by atoms with Crippen molar-refractivity contribution in [1.82, 2.24) is 0 Å². The van der Waals surface area contributed by atoms with Gasteiger partial charge in [0.1, 0.15) is 0 Å². The summed E-state index contributed by atoms with van der Waals surface area (Å²) in [6.45, 7) is 9.42. The van der Waals surface area contributed by atoms with Crippen LogP contribution in [0.1, 0.15) is 26.3 Å². The van der Waals surface area contributed by atoms with Crippen LogP contribution in [-0.4, -0.2) is 6.10 Å². The van der Waals surface area contributed by atoms with Gasteiger partial charge in [0.25, 0.3) is 0 Å². The molecule has 0 fully saturated rings. The molecule has 0 aromatic heterocycles. The lowest BCUT2D eigenvalue weighted by Crippen LogP contribution is -2.00. The van der Waals surface area contributed by atoms with Gasteiger partial charge >= 0.3 is 0 Å². The highest BCUT2D eigenvalue weighted by atomic mass is 19.2. The fourth-order valence-corrected chi connectivity index (χ4v) is 1.43. The molecule has 0 amide bonds. The topological polar surface area (TPSA) is 9.23 Å². The first-order valence-corrected chi connectivity index (χ1v) is 5.39. The second-order valence-electron chi connectivity index (χ2n) is 4.08. The first-order chi connectivity index (χ1) is 7.90. The van der Waals surface area contributed by atoms with Crippen molar-refractivity contribution < 1.29 is 13.5 Å². The largest absolute Gasteiger partial charge is 0.496 e. The molecule has 0 atom stereocenters. The van der Waals surface area contributed by atoms with E-state index in [0.717, 1.165) is 12.1 Å². The smallest absolute Gasteiger partial charge is 0.159 e. The Morgan fingerprint density at radius 3 is 2.47 bits per heavy atom. The van der Waals surface area contributed by atoms with Crippen LogP contribution in [0.2, 0.25) is 0 Å². The first kappa shape index (κ1) is 13.4. The van der Waals surface area contributed by atoms with Gasteiger partial charge in [0.15, 0.2) is 11.6 Å². The molecule has 1 rings (SSSR count). The molecule has 1 aromatic rings. The molecule has 0 saturated carbocycles. The molecular formula is C14H16F2O. The third kappa shape index (κ3) is 4.02. The zero-order valence-corrected chi connectivity index (χ0v) is 10.3. The van der Waals surface area contributed by atoms with Gasteiger partial charge in [0.2, 0.25) is 0 Å². The quantitative estimate of drug-likeness (QED) is 0.561. The molecule has 1 nitrogen and oxygen atoms in total. The van der Waals surface area contributed by atoms with Crippen molar-refractivity contribution >= 4 is 5.57 Å². The van der Waals surface area contributed by atoms with Crippen LogP contribution in [0.4, 0.5) is 8.78 Å². The third-order valence-corrected chi connectivity index (χ3v) is 2.09. The summed E-state index contributed by atoms with van der Waals surface area (Å²) < 4.78 is 31.2. The Balaban J connectivity index is 2.86. The van der Waals surface area contributed by atoms with Gasteiger partial charge in [0, 0.05) is 0 Å². The Morgan fingerprint density at radius 1 is 1.29 bits per heavy atom. The molecule has 0 bridgehead atoms. The van der Waals surface area contributed by atoms with Crippen LogP contribution >= 0.6 is 0 Å². The summed E-state index contributed by atoms with van der Waals surface area (Å²) in [5, 5.41) is 0. The Hall–Kier alpha value is -1.64. The second kappa shape index (κ2) is 5.62. The Morgan fingerprint density at radius 2 is 1.94 bits per heavy atom. The molecule has 3 heteroatoms. The van der Waals surface area contributed by atoms with E-state index < -0.39 is 11.6 Å². The van der Waals surface area contributed by atoms with E-state index in [-0.39, 0.29) is 6.10 Å². The van der Waals surface area contributed by atoms with Crippen LogP contribution < -0.4 is 0 Å². The van der Waals surface area contributed by atoms with Crippen molar-refractivity contribution in [2.24, 2.45) is 0 Å². The average molecular weight is 238 g/mol.